The Labute approximate surface area is 784 Å². The van der Waals surface area contributed by atoms with Crippen molar-refractivity contribution in [3.05, 3.63) is 486 Å². The normalized spacial score (nSPS) is 11.9. The first-order chi connectivity index (χ1) is 67.0. The number of rotatable bonds is 11. The average Bonchev–Trinajstić information content (AvgIpc) is 1.56. The Morgan fingerprint density at radius 3 is 0.926 bits per heavy atom. The van der Waals surface area contributed by atoms with Gasteiger partial charge in [-0.25, -0.2) is 0 Å². The first-order valence-corrected chi connectivity index (χ1v) is 47.6. The van der Waals surface area contributed by atoms with Gasteiger partial charge in [-0.3, -0.25) is 0 Å². The van der Waals surface area contributed by atoms with Crippen LogP contribution in [0.3, 0.4) is 0 Å². The Morgan fingerprint density at radius 1 is 0.178 bits per heavy atom. The third-order valence-electron chi connectivity index (χ3n) is 27.5. The lowest BCUT2D eigenvalue weighted by Gasteiger charge is -2.11. The first-order valence-electron chi connectivity index (χ1n) is 46.0. The Bertz CT molecular complexity index is 9710. The van der Waals surface area contributed by atoms with Crippen LogP contribution in [0.4, 0.5) is 0 Å². The molecule has 0 saturated heterocycles. The highest BCUT2D eigenvalue weighted by molar-refractivity contribution is 7.27. The number of furan rings is 1. The molecule has 0 radical (unpaired) electrons. The van der Waals surface area contributed by atoms with Crippen molar-refractivity contribution in [3.8, 4) is 89.8 Å². The minimum Gasteiger partial charge on any atom is -0.455 e. The number of hydrogen-bond acceptors (Lipinski definition) is 3. The summed E-state index contributed by atoms with van der Waals surface area (Å²) < 4.78 is 25.9. The summed E-state index contributed by atoms with van der Waals surface area (Å²) in [6.45, 7) is 0. The highest BCUT2D eigenvalue weighted by Gasteiger charge is 2.26. The van der Waals surface area contributed by atoms with Gasteiger partial charge in [0.15, 0.2) is 0 Å². The zero-order valence-electron chi connectivity index (χ0n) is 73.1. The Balaban J connectivity index is 0.000000104. The third kappa shape index (κ3) is 12.6. The average molecular weight is 1760 g/mol. The van der Waals surface area contributed by atoms with E-state index in [4.69, 9.17) is 4.42 Å². The maximum absolute atomic E-state index is 6.33. The quantitative estimate of drug-likeness (QED) is 0.127. The molecule has 0 bridgehead atoms. The van der Waals surface area contributed by atoms with Gasteiger partial charge < -0.3 is 31.8 Å². The van der Waals surface area contributed by atoms with Crippen LogP contribution in [0.5, 0.6) is 0 Å². The number of aromatic nitrogens is 6. The van der Waals surface area contributed by atoms with Crippen molar-refractivity contribution in [1.29, 1.82) is 0 Å². The second kappa shape index (κ2) is 31.8. The Hall–Kier alpha value is -17.3. The molecule has 9 aromatic heterocycles. The van der Waals surface area contributed by atoms with E-state index in [1.807, 2.05) is 34.8 Å². The van der Waals surface area contributed by atoms with E-state index in [1.165, 1.54) is 200 Å². The zero-order valence-corrected chi connectivity index (χ0v) is 74.7. The summed E-state index contributed by atoms with van der Waals surface area (Å²) >= 11 is 3.81. The Morgan fingerprint density at radius 2 is 0.481 bits per heavy atom. The monoisotopic (exact) mass is 1760 g/mol. The summed E-state index contributed by atoms with van der Waals surface area (Å²) in [5.74, 6) is 0. The van der Waals surface area contributed by atoms with Crippen molar-refractivity contribution in [2.45, 2.75) is 0 Å². The lowest BCUT2D eigenvalue weighted by molar-refractivity contribution is 0.670. The lowest BCUT2D eigenvalue weighted by atomic mass is 9.98. The summed E-state index contributed by atoms with van der Waals surface area (Å²) in [6, 6.07) is 169. The molecule has 632 valence electrons. The van der Waals surface area contributed by atoms with Gasteiger partial charge in [-0.2, -0.15) is 0 Å². The van der Waals surface area contributed by atoms with E-state index in [0.29, 0.717) is 0 Å². The van der Waals surface area contributed by atoms with Crippen LogP contribution in [-0.4, -0.2) is 27.4 Å². The molecule has 0 amide bonds. The highest BCUT2D eigenvalue weighted by atomic mass is 32.1. The van der Waals surface area contributed by atoms with Gasteiger partial charge in [0.2, 0.25) is 0 Å². The van der Waals surface area contributed by atoms with E-state index in [2.05, 4.69) is 501 Å². The number of hydrogen-bond donors (Lipinski definition) is 0. The molecule has 0 aliphatic rings. The maximum atomic E-state index is 6.33. The molecule has 0 unspecified atom stereocenters. The van der Waals surface area contributed by atoms with Gasteiger partial charge in [-0.1, -0.05) is 340 Å². The van der Waals surface area contributed by atoms with Crippen LogP contribution >= 0.6 is 22.7 Å². The fraction of sp³-hybridized carbons (Fsp3) is 0. The topological polar surface area (TPSA) is 42.7 Å². The molecule has 0 N–H and O–H groups in total. The molecule has 0 aliphatic heterocycles. The molecule has 29 rings (SSSR count). The molecule has 9 heterocycles. The molecule has 7 nitrogen and oxygen atoms in total. The van der Waals surface area contributed by atoms with Crippen molar-refractivity contribution < 1.29 is 4.42 Å². The van der Waals surface area contributed by atoms with Crippen molar-refractivity contribution in [2.75, 3.05) is 0 Å². The summed E-state index contributed by atoms with van der Waals surface area (Å²) in [5, 5.41) is 18.9. The van der Waals surface area contributed by atoms with Crippen molar-refractivity contribution >= 4 is 183 Å². The molecule has 29 aromatic rings. The Kier molecular flexibility index (Phi) is 18.3. The van der Waals surface area contributed by atoms with Crippen LogP contribution < -0.4 is 0 Å². The van der Waals surface area contributed by atoms with E-state index in [0.717, 1.165) is 50.1 Å². The summed E-state index contributed by atoms with van der Waals surface area (Å²) in [4.78, 5) is 0. The van der Waals surface area contributed by atoms with Crippen LogP contribution in [0.1, 0.15) is 0 Å². The van der Waals surface area contributed by atoms with Crippen LogP contribution in [0, 0.1) is 0 Å². The zero-order chi connectivity index (χ0) is 88.7. The number of para-hydroxylation sites is 8. The number of thiophene rings is 2. The van der Waals surface area contributed by atoms with Gasteiger partial charge in [-0.05, 0) is 177 Å². The van der Waals surface area contributed by atoms with Gasteiger partial charge in [0, 0.05) is 147 Å². The van der Waals surface area contributed by atoms with Crippen LogP contribution in [0.15, 0.2) is 490 Å². The number of fused-ring (bicyclic) bond motifs is 24. The standard InChI is InChI=1S/C50H32N2S.C38H24N2O.C38H24N2S/c1-3-11-33(12-4-1)34-21-23-35(24-22-34)40-16-9-18-42-43-19-10-17-41(50(43)53-49(40)42)36-25-28-39(29-26-36)52-45-20-8-7-15-44(45)47-46(52)30-27-37-31-32-51(48(37)47)38-13-5-2-6-14-38;1-2-9-27(10-3-1)39-24-23-26-19-22-34-36(37(26)39)32-12-4-6-15-33(32)40(34)28-20-17-25(18-21-28)29-13-8-14-31-30-11-5-7-16-35(30)41-38(29)31;1-3-11-25(12-4-1)28-16-9-17-29-30-18-10-20-34(38(30)41-37(28)29)40-32-19-8-7-15-31(32)35-33(40)22-21-26-23-24-39(36(26)35)27-13-5-2-6-14-27/h1-32H;2*1-24H. The molecule has 0 fully saturated rings. The third-order valence-corrected chi connectivity index (χ3v) is 30.1. The van der Waals surface area contributed by atoms with E-state index >= 15 is 0 Å². The number of nitrogens with zero attached hydrogens (tertiary/aromatic N) is 6. The summed E-state index contributed by atoms with van der Waals surface area (Å²) in [6.07, 6.45) is 6.57. The molecule has 0 aliphatic carbocycles. The van der Waals surface area contributed by atoms with Crippen LogP contribution in [-0.2, 0) is 0 Å². The smallest absolute Gasteiger partial charge is 0.143 e. The molecule has 0 saturated carbocycles. The summed E-state index contributed by atoms with van der Waals surface area (Å²) in [7, 11) is 0. The molecular formula is C126H80N6OS2. The fourth-order valence-electron chi connectivity index (χ4n) is 21.4. The first kappa shape index (κ1) is 77.6. The van der Waals surface area contributed by atoms with Crippen LogP contribution in [0.25, 0.3) is 250 Å². The van der Waals surface area contributed by atoms with Gasteiger partial charge in [0.05, 0.1) is 60.0 Å². The van der Waals surface area contributed by atoms with Crippen molar-refractivity contribution in [1.82, 2.24) is 27.4 Å². The van der Waals surface area contributed by atoms with Gasteiger partial charge >= 0.3 is 0 Å². The predicted octanol–water partition coefficient (Wildman–Crippen LogP) is 35.2. The molecule has 0 spiro atoms. The lowest BCUT2D eigenvalue weighted by Crippen LogP contribution is -1.94. The van der Waals surface area contributed by atoms with Gasteiger partial charge in [0.25, 0.3) is 0 Å². The highest BCUT2D eigenvalue weighted by Crippen LogP contribution is 2.50. The second-order valence-corrected chi connectivity index (χ2v) is 36.9. The van der Waals surface area contributed by atoms with Crippen molar-refractivity contribution in [2.24, 2.45) is 0 Å². The molecule has 20 aromatic carbocycles. The SMILES string of the molecule is c1ccc(-c2ccc(-c3cccc4c3sc3c(-c5ccc(-n6c7ccccc7c7c8c(ccc76)ccn8-c6ccccc6)cc5)cccc34)cc2)cc1.c1ccc(-c2cccc3c2sc2c(-n4c5ccccc5c5c6c(ccc54)ccn6-c4ccccc4)cccc23)cc1.c1ccc(-n2ccc3ccc4c(c5ccccc5n4-c4ccc(-c5cccc6c5oc5ccccc56)cc4)c32)cc1. The minimum absolute atomic E-state index is 0.920. The van der Waals surface area contributed by atoms with Gasteiger partial charge in [0.1, 0.15) is 11.2 Å². The predicted molar refractivity (Wildman–Crippen MR) is 573 cm³/mol. The van der Waals surface area contributed by atoms with E-state index < -0.39 is 0 Å². The van der Waals surface area contributed by atoms with Crippen LogP contribution in [0.2, 0.25) is 0 Å². The number of benzene rings is 20. The maximum Gasteiger partial charge on any atom is 0.143 e. The molecule has 135 heavy (non-hydrogen) atoms. The fourth-order valence-corrected chi connectivity index (χ4v) is 24.1. The van der Waals surface area contributed by atoms with Crippen molar-refractivity contribution in [3.63, 3.8) is 0 Å². The minimum atomic E-state index is 0.920. The van der Waals surface area contributed by atoms with E-state index in [-0.39, 0.29) is 0 Å². The summed E-state index contributed by atoms with van der Waals surface area (Å²) in [5.41, 5.74) is 32.1. The van der Waals surface area contributed by atoms with E-state index in [1.54, 1.807) is 0 Å². The largest absolute Gasteiger partial charge is 0.455 e. The van der Waals surface area contributed by atoms with E-state index in [9.17, 15) is 0 Å². The molecular weight excluding hydrogens is 1680 g/mol. The van der Waals surface area contributed by atoms with Gasteiger partial charge in [-0.15, -0.1) is 22.7 Å². The molecule has 0 atom stereocenters. The second-order valence-electron chi connectivity index (χ2n) is 34.9. The molecule has 9 heteroatoms.